The minimum Gasteiger partial charge on any atom is -0.271 e. The molecular formula is C11H16BrFN2. The fourth-order valence-electron chi connectivity index (χ4n) is 1.54. The van der Waals surface area contributed by atoms with Crippen molar-refractivity contribution < 1.29 is 4.39 Å². The maximum absolute atomic E-state index is 13.0. The number of benzene rings is 1. The fourth-order valence-corrected chi connectivity index (χ4v) is 1.97. The van der Waals surface area contributed by atoms with E-state index in [9.17, 15) is 4.39 Å². The molecule has 0 heterocycles. The van der Waals surface area contributed by atoms with E-state index in [2.05, 4.69) is 28.3 Å². The summed E-state index contributed by atoms with van der Waals surface area (Å²) in [7, 11) is 0. The highest BCUT2D eigenvalue weighted by Crippen LogP contribution is 2.18. The van der Waals surface area contributed by atoms with Crippen LogP contribution in [0.25, 0.3) is 0 Å². The Morgan fingerprint density at radius 2 is 2.27 bits per heavy atom. The number of nitrogens with two attached hydrogens (primary N) is 1. The number of hydrogen-bond acceptors (Lipinski definition) is 2. The van der Waals surface area contributed by atoms with E-state index in [4.69, 9.17) is 5.84 Å². The molecule has 0 aliphatic heterocycles. The Hall–Kier alpha value is -0.450. The second kappa shape index (κ2) is 6.20. The summed E-state index contributed by atoms with van der Waals surface area (Å²) in [5, 5.41) is 0. The van der Waals surface area contributed by atoms with Gasteiger partial charge in [-0.15, -0.1) is 0 Å². The van der Waals surface area contributed by atoms with Crippen molar-refractivity contribution in [2.45, 2.75) is 32.2 Å². The summed E-state index contributed by atoms with van der Waals surface area (Å²) < 4.78 is 13.5. The quantitative estimate of drug-likeness (QED) is 0.640. The van der Waals surface area contributed by atoms with Gasteiger partial charge >= 0.3 is 0 Å². The lowest BCUT2D eigenvalue weighted by atomic mass is 10.0. The largest absolute Gasteiger partial charge is 0.271 e. The highest BCUT2D eigenvalue weighted by molar-refractivity contribution is 9.10. The molecule has 4 heteroatoms. The molecule has 1 aromatic carbocycles. The van der Waals surface area contributed by atoms with Crippen LogP contribution in [0.4, 0.5) is 4.39 Å². The van der Waals surface area contributed by atoms with Crippen molar-refractivity contribution in [3.05, 3.63) is 34.1 Å². The molecule has 0 spiro atoms. The van der Waals surface area contributed by atoms with Crippen molar-refractivity contribution in [3.63, 3.8) is 0 Å². The zero-order valence-electron chi connectivity index (χ0n) is 8.76. The number of rotatable bonds is 5. The molecule has 1 aromatic rings. The van der Waals surface area contributed by atoms with Crippen molar-refractivity contribution >= 4 is 15.9 Å². The minimum absolute atomic E-state index is 0.230. The van der Waals surface area contributed by atoms with Crippen LogP contribution < -0.4 is 11.3 Å². The third-order valence-electron chi connectivity index (χ3n) is 2.34. The summed E-state index contributed by atoms with van der Waals surface area (Å²) in [6.45, 7) is 2.12. The summed E-state index contributed by atoms with van der Waals surface area (Å²) in [5.41, 5.74) is 3.86. The Balaban J connectivity index is 2.66. The first-order valence-corrected chi connectivity index (χ1v) is 5.86. The molecule has 0 aromatic heterocycles. The predicted molar refractivity (Wildman–Crippen MR) is 63.8 cm³/mol. The smallest absolute Gasteiger partial charge is 0.137 e. The molecule has 1 rings (SSSR count). The molecule has 0 amide bonds. The Bertz CT molecular complexity index is 317. The van der Waals surface area contributed by atoms with Gasteiger partial charge in [-0.2, -0.15) is 0 Å². The second-order valence-electron chi connectivity index (χ2n) is 3.60. The van der Waals surface area contributed by atoms with Gasteiger partial charge in [-0.1, -0.05) is 19.4 Å². The SMILES string of the molecule is CCCC(Cc1ccc(F)c(Br)c1)NN. The maximum atomic E-state index is 13.0. The molecule has 0 radical (unpaired) electrons. The van der Waals surface area contributed by atoms with Crippen LogP contribution in [0.3, 0.4) is 0 Å². The summed E-state index contributed by atoms with van der Waals surface area (Å²) in [4.78, 5) is 0. The fraction of sp³-hybridized carbons (Fsp3) is 0.455. The van der Waals surface area contributed by atoms with Gasteiger partial charge in [-0.25, -0.2) is 4.39 Å². The van der Waals surface area contributed by atoms with Crippen LogP contribution in [0.5, 0.6) is 0 Å². The van der Waals surface area contributed by atoms with Crippen molar-refractivity contribution in [1.82, 2.24) is 5.43 Å². The standard InChI is InChI=1S/C11H16BrFN2/c1-2-3-9(15-14)6-8-4-5-11(13)10(12)7-8/h4-5,7,9,15H,2-3,6,14H2,1H3. The zero-order valence-corrected chi connectivity index (χ0v) is 10.3. The van der Waals surface area contributed by atoms with Gasteiger partial charge in [-0.05, 0) is 46.5 Å². The van der Waals surface area contributed by atoms with Crippen molar-refractivity contribution in [2.24, 2.45) is 5.84 Å². The van der Waals surface area contributed by atoms with E-state index in [0.29, 0.717) is 4.47 Å². The molecule has 0 aliphatic rings. The van der Waals surface area contributed by atoms with Crippen LogP contribution in [-0.4, -0.2) is 6.04 Å². The Morgan fingerprint density at radius 3 is 2.80 bits per heavy atom. The number of hydrogen-bond donors (Lipinski definition) is 2. The number of hydrazine groups is 1. The molecule has 0 bridgehead atoms. The van der Waals surface area contributed by atoms with Crippen LogP contribution in [0.1, 0.15) is 25.3 Å². The van der Waals surface area contributed by atoms with E-state index >= 15 is 0 Å². The summed E-state index contributed by atoms with van der Waals surface area (Å²) >= 11 is 3.17. The average molecular weight is 275 g/mol. The molecular weight excluding hydrogens is 259 g/mol. The van der Waals surface area contributed by atoms with Crippen LogP contribution >= 0.6 is 15.9 Å². The Morgan fingerprint density at radius 1 is 1.53 bits per heavy atom. The van der Waals surface area contributed by atoms with Crippen molar-refractivity contribution in [3.8, 4) is 0 Å². The third-order valence-corrected chi connectivity index (χ3v) is 2.95. The van der Waals surface area contributed by atoms with E-state index in [-0.39, 0.29) is 11.9 Å². The Labute approximate surface area is 98.1 Å². The molecule has 84 valence electrons. The van der Waals surface area contributed by atoms with Gasteiger partial charge in [0.1, 0.15) is 5.82 Å². The van der Waals surface area contributed by atoms with Gasteiger partial charge in [0.15, 0.2) is 0 Å². The summed E-state index contributed by atoms with van der Waals surface area (Å²) in [5.74, 6) is 5.21. The molecule has 3 N–H and O–H groups in total. The van der Waals surface area contributed by atoms with Crippen molar-refractivity contribution in [2.75, 3.05) is 0 Å². The van der Waals surface area contributed by atoms with Gasteiger partial charge in [0, 0.05) is 6.04 Å². The average Bonchev–Trinajstić information content (AvgIpc) is 2.23. The molecule has 15 heavy (non-hydrogen) atoms. The predicted octanol–water partition coefficient (Wildman–Crippen LogP) is 2.76. The van der Waals surface area contributed by atoms with Crippen LogP contribution in [0.15, 0.2) is 22.7 Å². The highest BCUT2D eigenvalue weighted by atomic mass is 79.9. The van der Waals surface area contributed by atoms with Crippen LogP contribution in [0, 0.1) is 5.82 Å². The monoisotopic (exact) mass is 274 g/mol. The minimum atomic E-state index is -0.230. The van der Waals surface area contributed by atoms with E-state index in [1.54, 1.807) is 12.1 Å². The second-order valence-corrected chi connectivity index (χ2v) is 4.46. The molecule has 2 nitrogen and oxygen atoms in total. The number of nitrogens with one attached hydrogen (secondary N) is 1. The van der Waals surface area contributed by atoms with E-state index < -0.39 is 0 Å². The van der Waals surface area contributed by atoms with E-state index in [1.165, 1.54) is 6.07 Å². The summed E-state index contributed by atoms with van der Waals surface area (Å²) in [6.07, 6.45) is 2.92. The van der Waals surface area contributed by atoms with Gasteiger partial charge in [0.25, 0.3) is 0 Å². The zero-order chi connectivity index (χ0) is 11.3. The van der Waals surface area contributed by atoms with Gasteiger partial charge in [0.05, 0.1) is 4.47 Å². The van der Waals surface area contributed by atoms with Crippen LogP contribution in [0.2, 0.25) is 0 Å². The van der Waals surface area contributed by atoms with Crippen LogP contribution in [-0.2, 0) is 6.42 Å². The lowest BCUT2D eigenvalue weighted by Gasteiger charge is -2.14. The lowest BCUT2D eigenvalue weighted by molar-refractivity contribution is 0.485. The topological polar surface area (TPSA) is 38.0 Å². The van der Waals surface area contributed by atoms with Gasteiger partial charge in [0.2, 0.25) is 0 Å². The van der Waals surface area contributed by atoms with E-state index in [0.717, 1.165) is 24.8 Å². The van der Waals surface area contributed by atoms with Gasteiger partial charge < -0.3 is 0 Å². The first-order valence-electron chi connectivity index (χ1n) is 5.07. The molecule has 0 fully saturated rings. The first-order chi connectivity index (χ1) is 7.17. The highest BCUT2D eigenvalue weighted by Gasteiger charge is 2.07. The summed E-state index contributed by atoms with van der Waals surface area (Å²) in [6, 6.07) is 5.32. The Kier molecular flexibility index (Phi) is 5.22. The van der Waals surface area contributed by atoms with E-state index in [1.807, 2.05) is 0 Å². The molecule has 0 saturated carbocycles. The first kappa shape index (κ1) is 12.6. The molecule has 1 atom stereocenters. The van der Waals surface area contributed by atoms with Crippen molar-refractivity contribution in [1.29, 1.82) is 0 Å². The normalized spacial score (nSPS) is 12.8. The molecule has 1 unspecified atom stereocenters. The van der Waals surface area contributed by atoms with Gasteiger partial charge in [-0.3, -0.25) is 11.3 Å². The third kappa shape index (κ3) is 3.89. The lowest BCUT2D eigenvalue weighted by Crippen LogP contribution is -2.36. The number of halogens is 2. The molecule has 0 aliphatic carbocycles. The molecule has 0 saturated heterocycles. The maximum Gasteiger partial charge on any atom is 0.137 e.